The van der Waals surface area contributed by atoms with Crippen LogP contribution in [0.15, 0.2) is 6.20 Å². The van der Waals surface area contributed by atoms with E-state index in [4.69, 9.17) is 0 Å². The molecule has 0 unspecified atom stereocenters. The highest BCUT2D eigenvalue weighted by Crippen LogP contribution is 2.02. The lowest BCUT2D eigenvalue weighted by Gasteiger charge is -2.01. The number of carbonyl (C=O) groups excluding carboxylic acids is 1. The molecule has 2 N–H and O–H groups in total. The number of nitrogens with one attached hydrogen (secondary N) is 2. The van der Waals surface area contributed by atoms with Gasteiger partial charge in [0.25, 0.3) is 0 Å². The number of aryl methyl sites for hydroxylation is 1. The Hall–Kier alpha value is -1.43. The second-order valence-corrected chi connectivity index (χ2v) is 3.99. The van der Waals surface area contributed by atoms with Gasteiger partial charge in [-0.2, -0.15) is 0 Å². The Morgan fingerprint density at radius 3 is 2.63 bits per heavy atom. The van der Waals surface area contributed by atoms with Crippen LogP contribution < -0.4 is 10.6 Å². The fourth-order valence-corrected chi connectivity index (χ4v) is 1.57. The van der Waals surface area contributed by atoms with Crippen molar-refractivity contribution >= 4 is 5.91 Å². The van der Waals surface area contributed by atoms with E-state index >= 15 is 0 Å². The van der Waals surface area contributed by atoms with Gasteiger partial charge in [-0.15, -0.1) is 5.10 Å². The summed E-state index contributed by atoms with van der Waals surface area (Å²) in [6.45, 7) is 5.61. The van der Waals surface area contributed by atoms with E-state index < -0.39 is 0 Å². The van der Waals surface area contributed by atoms with Crippen LogP contribution >= 0.6 is 0 Å². The summed E-state index contributed by atoms with van der Waals surface area (Å²) in [5, 5.41) is 13.7. The molecule has 0 saturated carbocycles. The molecule has 0 fully saturated rings. The lowest BCUT2D eigenvalue weighted by Crippen LogP contribution is -2.16. The van der Waals surface area contributed by atoms with Crippen LogP contribution in [0.25, 0.3) is 0 Å². The molecule has 1 aromatic heterocycles. The normalized spacial score (nSPS) is 9.68. The Morgan fingerprint density at radius 2 is 2.00 bits per heavy atom. The van der Waals surface area contributed by atoms with Crippen molar-refractivity contribution in [2.24, 2.45) is 0 Å². The van der Waals surface area contributed by atoms with Gasteiger partial charge in [0.15, 0.2) is 0 Å². The van der Waals surface area contributed by atoms with E-state index in [9.17, 15) is 4.79 Å². The quantitative estimate of drug-likeness (QED) is 0.698. The lowest BCUT2D eigenvalue weighted by atomic mass is 10.2. The third kappa shape index (κ3) is 8.31. The summed E-state index contributed by atoms with van der Waals surface area (Å²) in [6.07, 6.45) is 5.56. The zero-order valence-corrected chi connectivity index (χ0v) is 12.6. The Balaban J connectivity index is 0.00000154. The molecule has 6 heteroatoms. The maximum atomic E-state index is 11.0. The van der Waals surface area contributed by atoms with Gasteiger partial charge in [0.2, 0.25) is 5.91 Å². The smallest absolute Gasteiger partial charge is 0.219 e. The van der Waals surface area contributed by atoms with Crippen molar-refractivity contribution in [3.8, 4) is 0 Å². The third-order valence-electron chi connectivity index (χ3n) is 2.51. The summed E-state index contributed by atoms with van der Waals surface area (Å²) in [5.41, 5.74) is 0.956. The number of amides is 1. The summed E-state index contributed by atoms with van der Waals surface area (Å²) in [5.74, 6) is 0.113. The molecule has 1 aromatic rings. The van der Waals surface area contributed by atoms with Crippen molar-refractivity contribution < 1.29 is 4.79 Å². The molecule has 0 radical (unpaired) electrons. The molecular weight excluding hydrogens is 242 g/mol. The van der Waals surface area contributed by atoms with Gasteiger partial charge in [-0.25, -0.2) is 0 Å². The number of hydrogen-bond donors (Lipinski definition) is 2. The molecule has 6 nitrogen and oxygen atoms in total. The highest BCUT2D eigenvalue weighted by Gasteiger charge is 2.00. The van der Waals surface area contributed by atoms with Crippen molar-refractivity contribution in [2.75, 3.05) is 14.1 Å². The van der Waals surface area contributed by atoms with Gasteiger partial charge >= 0.3 is 0 Å². The van der Waals surface area contributed by atoms with Crippen molar-refractivity contribution in [3.63, 3.8) is 0 Å². The topological polar surface area (TPSA) is 71.8 Å². The molecular formula is C13H27N5O. The Labute approximate surface area is 116 Å². The first kappa shape index (κ1) is 17.6. The number of aromatic nitrogens is 3. The van der Waals surface area contributed by atoms with Crippen LogP contribution in [-0.4, -0.2) is 35.0 Å². The largest absolute Gasteiger partial charge is 0.359 e. The van der Waals surface area contributed by atoms with E-state index in [1.54, 1.807) is 7.05 Å². The fraction of sp³-hybridized carbons (Fsp3) is 0.769. The standard InChI is InChI=1S/C11H21N5O.C2H6/c1-12-8-10-9-16(15-14-10)7-5-3-4-6-11(17)13-2;1-2/h9,12H,3-8H2,1-2H3,(H,13,17);1-2H3. The molecule has 110 valence electrons. The predicted molar refractivity (Wildman–Crippen MR) is 76.7 cm³/mol. The Bertz CT molecular complexity index is 338. The summed E-state index contributed by atoms with van der Waals surface area (Å²) in [7, 11) is 3.55. The third-order valence-corrected chi connectivity index (χ3v) is 2.51. The SMILES string of the molecule is CC.CNCc1cn(CCCCCC(=O)NC)nn1. The van der Waals surface area contributed by atoms with E-state index in [1.807, 2.05) is 31.8 Å². The maximum absolute atomic E-state index is 11.0. The highest BCUT2D eigenvalue weighted by molar-refractivity contribution is 5.75. The van der Waals surface area contributed by atoms with Gasteiger partial charge in [-0.3, -0.25) is 9.48 Å². The van der Waals surface area contributed by atoms with Gasteiger partial charge in [-0.1, -0.05) is 25.5 Å². The van der Waals surface area contributed by atoms with E-state index in [-0.39, 0.29) is 5.91 Å². The molecule has 1 rings (SSSR count). The molecule has 0 aromatic carbocycles. The van der Waals surface area contributed by atoms with Crippen molar-refractivity contribution in [1.82, 2.24) is 25.6 Å². The summed E-state index contributed by atoms with van der Waals surface area (Å²) in [6, 6.07) is 0. The van der Waals surface area contributed by atoms with Crippen LogP contribution in [0.5, 0.6) is 0 Å². The van der Waals surface area contributed by atoms with E-state index in [2.05, 4.69) is 20.9 Å². The summed E-state index contributed by atoms with van der Waals surface area (Å²) in [4.78, 5) is 11.0. The average Bonchev–Trinajstić information content (AvgIpc) is 2.88. The molecule has 0 aliphatic rings. The van der Waals surface area contributed by atoms with Crippen molar-refractivity contribution in [2.45, 2.75) is 52.6 Å². The maximum Gasteiger partial charge on any atom is 0.219 e. The molecule has 0 bridgehead atoms. The molecule has 1 amide bonds. The van der Waals surface area contributed by atoms with Gasteiger partial charge in [0.1, 0.15) is 0 Å². The van der Waals surface area contributed by atoms with E-state index in [0.717, 1.165) is 38.0 Å². The summed E-state index contributed by atoms with van der Waals surface area (Å²) >= 11 is 0. The van der Waals surface area contributed by atoms with Crippen LogP contribution in [0.2, 0.25) is 0 Å². The molecule has 0 spiro atoms. The molecule has 0 saturated heterocycles. The second kappa shape index (κ2) is 11.6. The van der Waals surface area contributed by atoms with E-state index in [1.165, 1.54) is 0 Å². The van der Waals surface area contributed by atoms with Gasteiger partial charge in [0.05, 0.1) is 5.69 Å². The zero-order chi connectivity index (χ0) is 14.5. The highest BCUT2D eigenvalue weighted by atomic mass is 16.1. The van der Waals surface area contributed by atoms with E-state index in [0.29, 0.717) is 6.42 Å². The monoisotopic (exact) mass is 269 g/mol. The number of hydrogen-bond acceptors (Lipinski definition) is 4. The Morgan fingerprint density at radius 1 is 1.26 bits per heavy atom. The Kier molecular flexibility index (Phi) is 10.8. The van der Waals surface area contributed by atoms with Crippen LogP contribution in [-0.2, 0) is 17.9 Å². The number of unbranched alkanes of at least 4 members (excludes halogenated alkanes) is 2. The zero-order valence-electron chi connectivity index (χ0n) is 12.6. The fourth-order valence-electron chi connectivity index (χ4n) is 1.57. The van der Waals surface area contributed by atoms with Gasteiger partial charge in [0, 0.05) is 32.8 Å². The van der Waals surface area contributed by atoms with Gasteiger partial charge < -0.3 is 10.6 Å². The number of carbonyl (C=O) groups is 1. The van der Waals surface area contributed by atoms with Crippen LogP contribution in [0.1, 0.15) is 45.2 Å². The minimum absolute atomic E-state index is 0.113. The second-order valence-electron chi connectivity index (χ2n) is 3.99. The van der Waals surface area contributed by atoms with Crippen LogP contribution in [0.3, 0.4) is 0 Å². The average molecular weight is 269 g/mol. The summed E-state index contributed by atoms with van der Waals surface area (Å²) < 4.78 is 1.85. The van der Waals surface area contributed by atoms with Crippen LogP contribution in [0, 0.1) is 0 Å². The first-order chi connectivity index (χ1) is 9.26. The number of nitrogens with zero attached hydrogens (tertiary/aromatic N) is 3. The molecule has 0 atom stereocenters. The first-order valence-electron chi connectivity index (χ1n) is 7.00. The molecule has 0 aliphatic carbocycles. The molecule has 0 aliphatic heterocycles. The molecule has 1 heterocycles. The lowest BCUT2D eigenvalue weighted by molar-refractivity contribution is -0.120. The van der Waals surface area contributed by atoms with Gasteiger partial charge in [-0.05, 0) is 19.9 Å². The first-order valence-corrected chi connectivity index (χ1v) is 7.00. The van der Waals surface area contributed by atoms with Crippen molar-refractivity contribution in [3.05, 3.63) is 11.9 Å². The minimum Gasteiger partial charge on any atom is -0.359 e. The minimum atomic E-state index is 0.113. The predicted octanol–water partition coefficient (Wildman–Crippen LogP) is 1.33. The number of rotatable bonds is 8. The van der Waals surface area contributed by atoms with Crippen molar-refractivity contribution in [1.29, 1.82) is 0 Å². The molecule has 19 heavy (non-hydrogen) atoms. The van der Waals surface area contributed by atoms with Crippen LogP contribution in [0.4, 0.5) is 0 Å².